The van der Waals surface area contributed by atoms with Crippen LogP contribution in [-0.4, -0.2) is 53.6 Å². The largest absolute Gasteiger partial charge is 0.333 e. The predicted molar refractivity (Wildman–Crippen MR) is 63.4 cm³/mol. The second-order valence-electron chi connectivity index (χ2n) is 4.17. The van der Waals surface area contributed by atoms with Crippen LogP contribution in [0.2, 0.25) is 0 Å². The number of nitrogens with zero attached hydrogens (tertiary/aromatic N) is 2. The summed E-state index contributed by atoms with van der Waals surface area (Å²) in [7, 11) is 0. The maximum Gasteiger partial charge on any atom is 0.312 e. The van der Waals surface area contributed by atoms with Crippen molar-refractivity contribution in [2.24, 2.45) is 0 Å². The van der Waals surface area contributed by atoms with Crippen molar-refractivity contribution < 1.29 is 14.4 Å². The summed E-state index contributed by atoms with van der Waals surface area (Å²) in [6, 6.07) is 0. The maximum atomic E-state index is 11.7. The Kier molecular flexibility index (Phi) is 5.12. The normalized spacial score (nSPS) is 16.6. The number of ketones is 1. The quantitative estimate of drug-likeness (QED) is 0.633. The van der Waals surface area contributed by atoms with E-state index >= 15 is 0 Å². The fourth-order valence-corrected chi connectivity index (χ4v) is 1.87. The lowest BCUT2D eigenvalue weighted by Gasteiger charge is -2.33. The second-order valence-corrected chi connectivity index (χ2v) is 4.17. The van der Waals surface area contributed by atoms with Crippen molar-refractivity contribution in [1.82, 2.24) is 9.80 Å². The smallest absolute Gasteiger partial charge is 0.312 e. The van der Waals surface area contributed by atoms with E-state index in [2.05, 4.69) is 0 Å². The van der Waals surface area contributed by atoms with E-state index < -0.39 is 11.8 Å². The molecule has 0 aromatic rings. The summed E-state index contributed by atoms with van der Waals surface area (Å²) in [5.74, 6) is -0.640. The van der Waals surface area contributed by atoms with E-state index in [1.807, 2.05) is 13.8 Å². The number of rotatable bonds is 6. The standard InChI is InChI=1S/C12H20N2O3/c1-3-10(15)6-5-7-14-9-8-13(4-2)11(16)12(14)17/h3-9H2,1-2H3. The molecule has 0 spiro atoms. The number of carbonyl (C=O) groups is 3. The average molecular weight is 240 g/mol. The Balaban J connectivity index is 2.38. The van der Waals surface area contributed by atoms with Gasteiger partial charge in [-0.25, -0.2) is 0 Å². The van der Waals surface area contributed by atoms with Gasteiger partial charge in [0.2, 0.25) is 0 Å². The Labute approximate surface area is 102 Å². The molecule has 0 bridgehead atoms. The highest BCUT2D eigenvalue weighted by Crippen LogP contribution is 2.06. The third-order valence-corrected chi connectivity index (χ3v) is 3.06. The molecule has 1 aliphatic rings. The third kappa shape index (κ3) is 3.54. The van der Waals surface area contributed by atoms with Crippen molar-refractivity contribution in [1.29, 1.82) is 0 Å². The van der Waals surface area contributed by atoms with Crippen LogP contribution in [0.1, 0.15) is 33.1 Å². The average Bonchev–Trinajstić information content (AvgIpc) is 2.34. The molecule has 5 nitrogen and oxygen atoms in total. The van der Waals surface area contributed by atoms with E-state index in [0.29, 0.717) is 45.4 Å². The fraction of sp³-hybridized carbons (Fsp3) is 0.750. The van der Waals surface area contributed by atoms with Crippen LogP contribution in [0.4, 0.5) is 0 Å². The van der Waals surface area contributed by atoms with Gasteiger partial charge in [-0.1, -0.05) is 6.92 Å². The first-order chi connectivity index (χ1) is 8.10. The van der Waals surface area contributed by atoms with Crippen molar-refractivity contribution in [3.05, 3.63) is 0 Å². The summed E-state index contributed by atoms with van der Waals surface area (Å²) in [6.45, 7) is 5.96. The zero-order valence-corrected chi connectivity index (χ0v) is 10.6. The Morgan fingerprint density at radius 3 is 2.29 bits per heavy atom. The van der Waals surface area contributed by atoms with Crippen molar-refractivity contribution in [2.45, 2.75) is 33.1 Å². The second kappa shape index (κ2) is 6.37. The summed E-state index contributed by atoms with van der Waals surface area (Å²) in [5, 5.41) is 0. The van der Waals surface area contributed by atoms with Gasteiger partial charge in [-0.2, -0.15) is 0 Å². The van der Waals surface area contributed by atoms with E-state index in [-0.39, 0.29) is 5.78 Å². The van der Waals surface area contributed by atoms with Gasteiger partial charge in [-0.05, 0) is 13.3 Å². The van der Waals surface area contributed by atoms with Gasteiger partial charge < -0.3 is 9.80 Å². The van der Waals surface area contributed by atoms with E-state index in [9.17, 15) is 14.4 Å². The molecule has 0 aromatic carbocycles. The minimum absolute atomic E-state index is 0.205. The van der Waals surface area contributed by atoms with Crippen LogP contribution < -0.4 is 0 Å². The van der Waals surface area contributed by atoms with Gasteiger partial charge in [0.15, 0.2) is 0 Å². The van der Waals surface area contributed by atoms with Crippen LogP contribution in [0.15, 0.2) is 0 Å². The van der Waals surface area contributed by atoms with Gasteiger partial charge in [-0.3, -0.25) is 14.4 Å². The molecule has 2 amide bonds. The van der Waals surface area contributed by atoms with Crippen molar-refractivity contribution in [3.8, 4) is 0 Å². The molecule has 1 saturated heterocycles. The van der Waals surface area contributed by atoms with Crippen molar-refractivity contribution >= 4 is 17.6 Å². The molecule has 0 atom stereocenters. The van der Waals surface area contributed by atoms with Crippen LogP contribution in [0.25, 0.3) is 0 Å². The molecule has 1 heterocycles. The Morgan fingerprint density at radius 1 is 1.12 bits per heavy atom. The molecule has 0 unspecified atom stereocenters. The first-order valence-corrected chi connectivity index (χ1v) is 6.20. The van der Waals surface area contributed by atoms with Gasteiger partial charge in [0.05, 0.1) is 0 Å². The highest BCUT2D eigenvalue weighted by Gasteiger charge is 2.30. The minimum Gasteiger partial charge on any atom is -0.333 e. The lowest BCUT2D eigenvalue weighted by molar-refractivity contribution is -0.155. The molecule has 5 heteroatoms. The van der Waals surface area contributed by atoms with Crippen molar-refractivity contribution in [3.63, 3.8) is 0 Å². The molecule has 17 heavy (non-hydrogen) atoms. The summed E-state index contributed by atoms with van der Waals surface area (Å²) < 4.78 is 0. The molecule has 1 aliphatic heterocycles. The van der Waals surface area contributed by atoms with Gasteiger partial charge in [0.25, 0.3) is 0 Å². The van der Waals surface area contributed by atoms with Crippen LogP contribution in [0, 0.1) is 0 Å². The molecular weight excluding hydrogens is 220 g/mol. The topological polar surface area (TPSA) is 57.7 Å². The summed E-state index contributed by atoms with van der Waals surface area (Å²) in [6.07, 6.45) is 1.68. The number of piperazine rings is 1. The molecular formula is C12H20N2O3. The monoisotopic (exact) mass is 240 g/mol. The summed E-state index contributed by atoms with van der Waals surface area (Å²) in [5.41, 5.74) is 0. The molecule has 0 saturated carbocycles. The van der Waals surface area contributed by atoms with E-state index in [0.717, 1.165) is 0 Å². The molecule has 1 fully saturated rings. The molecule has 0 aliphatic carbocycles. The Hall–Kier alpha value is -1.39. The van der Waals surface area contributed by atoms with Gasteiger partial charge in [-0.15, -0.1) is 0 Å². The highest BCUT2D eigenvalue weighted by atomic mass is 16.2. The van der Waals surface area contributed by atoms with E-state index in [1.165, 1.54) is 0 Å². The zero-order chi connectivity index (χ0) is 12.8. The lowest BCUT2D eigenvalue weighted by Crippen LogP contribution is -2.54. The Bertz CT molecular complexity index is 315. The van der Waals surface area contributed by atoms with Crippen LogP contribution >= 0.6 is 0 Å². The molecule has 96 valence electrons. The third-order valence-electron chi connectivity index (χ3n) is 3.06. The summed E-state index contributed by atoms with van der Waals surface area (Å²) in [4.78, 5) is 37.5. The maximum absolute atomic E-state index is 11.7. The lowest BCUT2D eigenvalue weighted by atomic mass is 10.1. The SMILES string of the molecule is CCC(=O)CCCN1CCN(CC)C(=O)C1=O. The Morgan fingerprint density at radius 2 is 1.71 bits per heavy atom. The van der Waals surface area contributed by atoms with Gasteiger partial charge in [0, 0.05) is 39.0 Å². The fourth-order valence-electron chi connectivity index (χ4n) is 1.87. The first-order valence-electron chi connectivity index (χ1n) is 6.20. The number of hydrogen-bond acceptors (Lipinski definition) is 3. The molecule has 0 N–H and O–H groups in total. The molecule has 1 rings (SSSR count). The van der Waals surface area contributed by atoms with Gasteiger partial charge in [0.1, 0.15) is 5.78 Å². The van der Waals surface area contributed by atoms with E-state index in [4.69, 9.17) is 0 Å². The number of amides is 2. The molecule has 0 aromatic heterocycles. The first kappa shape index (κ1) is 13.7. The van der Waals surface area contributed by atoms with Crippen LogP contribution in [0.3, 0.4) is 0 Å². The van der Waals surface area contributed by atoms with Crippen LogP contribution in [-0.2, 0) is 14.4 Å². The van der Waals surface area contributed by atoms with Crippen molar-refractivity contribution in [2.75, 3.05) is 26.2 Å². The van der Waals surface area contributed by atoms with E-state index in [1.54, 1.807) is 9.80 Å². The number of carbonyl (C=O) groups excluding carboxylic acids is 3. The predicted octanol–water partition coefficient (Wildman–Crippen LogP) is 0.436. The number of Topliss-reactive ketones (excluding diaryl/α,β-unsaturated/α-hetero) is 1. The number of likely N-dealkylation sites (N-methyl/N-ethyl adjacent to an activating group) is 1. The minimum atomic E-state index is -0.429. The summed E-state index contributed by atoms with van der Waals surface area (Å²) >= 11 is 0. The number of hydrogen-bond donors (Lipinski definition) is 0. The highest BCUT2D eigenvalue weighted by molar-refractivity contribution is 6.35. The zero-order valence-electron chi connectivity index (χ0n) is 10.6. The van der Waals surface area contributed by atoms with Crippen LogP contribution in [0.5, 0.6) is 0 Å². The molecule has 0 radical (unpaired) electrons. The van der Waals surface area contributed by atoms with Gasteiger partial charge >= 0.3 is 11.8 Å².